The first-order valence-electron chi connectivity index (χ1n) is 4.65. The van der Waals surface area contributed by atoms with E-state index in [1.54, 1.807) is 6.92 Å². The summed E-state index contributed by atoms with van der Waals surface area (Å²) in [6.45, 7) is 5.17. The summed E-state index contributed by atoms with van der Waals surface area (Å²) in [6, 6.07) is 0. The van der Waals surface area contributed by atoms with Crippen LogP contribution in [0.2, 0.25) is 0 Å². The minimum Gasteiger partial charge on any atom is -0.455 e. The number of benzene rings is 1. The number of hydrogen-bond acceptors (Lipinski definition) is 2. The first-order chi connectivity index (χ1) is 8.31. The van der Waals surface area contributed by atoms with Crippen molar-refractivity contribution in [3.05, 3.63) is 40.6 Å². The highest BCUT2D eigenvalue weighted by molar-refractivity contribution is 9.15. The molecule has 0 aliphatic rings. The molecule has 1 aromatic rings. The smallest absolute Gasteiger partial charge is 0.330 e. The van der Waals surface area contributed by atoms with Crippen LogP contribution in [0.4, 0.5) is 0 Å². The monoisotopic (exact) mass is 566 g/mol. The fourth-order valence-electron chi connectivity index (χ4n) is 1.26. The van der Waals surface area contributed by atoms with Crippen LogP contribution in [-0.2, 0) is 9.53 Å². The molecule has 0 N–H and O–H groups in total. The molecule has 1 rings (SSSR count). The average Bonchev–Trinajstić information content (AvgIpc) is 2.34. The molecule has 0 heterocycles. The van der Waals surface area contributed by atoms with Gasteiger partial charge in [-0.2, -0.15) is 0 Å². The van der Waals surface area contributed by atoms with Crippen LogP contribution in [0.1, 0.15) is 18.6 Å². The van der Waals surface area contributed by atoms with Crippen LogP contribution in [-0.4, -0.2) is 5.97 Å². The van der Waals surface area contributed by atoms with E-state index in [2.05, 4.69) is 86.2 Å². The van der Waals surface area contributed by atoms with Gasteiger partial charge in [-0.3, -0.25) is 0 Å². The van der Waals surface area contributed by atoms with Crippen molar-refractivity contribution < 1.29 is 9.53 Å². The third-order valence-electron chi connectivity index (χ3n) is 2.11. The van der Waals surface area contributed by atoms with Crippen molar-refractivity contribution in [3.63, 3.8) is 0 Å². The fourth-order valence-corrected chi connectivity index (χ4v) is 4.98. The van der Waals surface area contributed by atoms with Crippen molar-refractivity contribution in [3.8, 4) is 0 Å². The van der Waals surface area contributed by atoms with Gasteiger partial charge in [-0.1, -0.05) is 6.58 Å². The Morgan fingerprint density at radius 3 is 1.83 bits per heavy atom. The number of ether oxygens (including phenoxy) is 1. The summed E-state index contributed by atoms with van der Waals surface area (Å²) >= 11 is 17.3. The number of hydrogen-bond donors (Lipinski definition) is 0. The predicted molar refractivity (Wildman–Crippen MR) is 89.6 cm³/mol. The van der Waals surface area contributed by atoms with E-state index in [9.17, 15) is 4.79 Å². The zero-order valence-electron chi connectivity index (χ0n) is 9.07. The van der Waals surface area contributed by atoms with Gasteiger partial charge in [0.25, 0.3) is 0 Å². The second-order valence-electron chi connectivity index (χ2n) is 3.27. The van der Waals surface area contributed by atoms with Gasteiger partial charge in [0.15, 0.2) is 0 Å². The summed E-state index contributed by atoms with van der Waals surface area (Å²) < 4.78 is 9.40. The Kier molecular flexibility index (Phi) is 6.58. The quantitative estimate of drug-likeness (QED) is 0.185. The lowest BCUT2D eigenvalue weighted by molar-refractivity contribution is -0.142. The van der Waals surface area contributed by atoms with Crippen LogP contribution in [0.5, 0.6) is 0 Å². The highest BCUT2D eigenvalue weighted by Crippen LogP contribution is 2.47. The zero-order chi connectivity index (χ0) is 14.0. The largest absolute Gasteiger partial charge is 0.455 e. The van der Waals surface area contributed by atoms with Crippen molar-refractivity contribution in [2.24, 2.45) is 0 Å². The molecule has 0 amide bonds. The second kappa shape index (κ2) is 7.02. The molecule has 2 nitrogen and oxygen atoms in total. The Morgan fingerprint density at radius 1 is 1.06 bits per heavy atom. The highest BCUT2D eigenvalue weighted by atomic mass is 79.9. The number of rotatable bonds is 3. The predicted octanol–water partition coefficient (Wildman–Crippen LogP) is 6.29. The Bertz CT molecular complexity index is 484. The Labute approximate surface area is 147 Å². The molecule has 0 bridgehead atoms. The number of halogens is 5. The third kappa shape index (κ3) is 3.48. The number of carbonyl (C=O) groups excluding carboxylic acids is 1. The van der Waals surface area contributed by atoms with E-state index in [0.29, 0.717) is 0 Å². The molecule has 0 aromatic heterocycles. The molecular formula is C11H7Br5O2. The van der Waals surface area contributed by atoms with Gasteiger partial charge in [-0.05, 0) is 86.6 Å². The van der Waals surface area contributed by atoms with Gasteiger partial charge in [0.1, 0.15) is 6.10 Å². The summed E-state index contributed by atoms with van der Waals surface area (Å²) in [6.07, 6.45) is 0.723. The second-order valence-corrected chi connectivity index (χ2v) is 7.23. The van der Waals surface area contributed by atoms with Crippen molar-refractivity contribution in [2.45, 2.75) is 13.0 Å². The van der Waals surface area contributed by atoms with Crippen LogP contribution in [0, 0.1) is 0 Å². The molecule has 1 unspecified atom stereocenters. The third-order valence-corrected chi connectivity index (χ3v) is 8.26. The molecule has 0 saturated heterocycles. The summed E-state index contributed by atoms with van der Waals surface area (Å²) in [4.78, 5) is 11.3. The fraction of sp³-hybridized carbons (Fsp3) is 0.182. The first-order valence-corrected chi connectivity index (χ1v) is 8.62. The van der Waals surface area contributed by atoms with Gasteiger partial charge in [-0.15, -0.1) is 0 Å². The van der Waals surface area contributed by atoms with Crippen molar-refractivity contribution in [2.75, 3.05) is 0 Å². The van der Waals surface area contributed by atoms with E-state index in [0.717, 1.165) is 34.0 Å². The molecule has 18 heavy (non-hydrogen) atoms. The van der Waals surface area contributed by atoms with E-state index >= 15 is 0 Å². The van der Waals surface area contributed by atoms with E-state index < -0.39 is 12.1 Å². The summed E-state index contributed by atoms with van der Waals surface area (Å²) in [5.74, 6) is -0.462. The van der Waals surface area contributed by atoms with Gasteiger partial charge >= 0.3 is 5.97 Å². The normalized spacial score (nSPS) is 12.1. The van der Waals surface area contributed by atoms with E-state index in [1.165, 1.54) is 0 Å². The van der Waals surface area contributed by atoms with Crippen LogP contribution in [0.3, 0.4) is 0 Å². The Hall–Kier alpha value is 0.830. The molecule has 7 heteroatoms. The van der Waals surface area contributed by atoms with E-state index in [-0.39, 0.29) is 0 Å². The minimum absolute atomic E-state index is 0.417. The SMILES string of the molecule is C=CC(=O)OC(C)c1c(Br)c(Br)c(Br)c(Br)c1Br. The lowest BCUT2D eigenvalue weighted by Gasteiger charge is -2.19. The molecule has 0 radical (unpaired) electrons. The van der Waals surface area contributed by atoms with Crippen molar-refractivity contribution >= 4 is 85.6 Å². The van der Waals surface area contributed by atoms with Crippen molar-refractivity contribution in [1.82, 2.24) is 0 Å². The summed E-state index contributed by atoms with van der Waals surface area (Å²) in [5, 5.41) is 0. The highest BCUT2D eigenvalue weighted by Gasteiger charge is 2.23. The Balaban J connectivity index is 3.32. The molecule has 98 valence electrons. The molecule has 0 fully saturated rings. The van der Waals surface area contributed by atoms with Crippen molar-refractivity contribution in [1.29, 1.82) is 0 Å². The average molecular weight is 571 g/mol. The maximum absolute atomic E-state index is 11.3. The van der Waals surface area contributed by atoms with Gasteiger partial charge in [-0.25, -0.2) is 4.79 Å². The van der Waals surface area contributed by atoms with Gasteiger partial charge < -0.3 is 4.74 Å². The van der Waals surface area contributed by atoms with Crippen LogP contribution in [0.25, 0.3) is 0 Å². The van der Waals surface area contributed by atoms with E-state index in [1.807, 2.05) is 0 Å². The lowest BCUT2D eigenvalue weighted by Crippen LogP contribution is -2.08. The van der Waals surface area contributed by atoms with Gasteiger partial charge in [0.05, 0.1) is 0 Å². The summed E-state index contributed by atoms with van der Waals surface area (Å²) in [7, 11) is 0. The Morgan fingerprint density at radius 2 is 1.44 bits per heavy atom. The molecule has 1 atom stereocenters. The topological polar surface area (TPSA) is 26.3 Å². The first kappa shape index (κ1) is 16.9. The number of esters is 1. The minimum atomic E-state index is -0.462. The molecule has 0 spiro atoms. The van der Waals surface area contributed by atoms with Gasteiger partial charge in [0, 0.05) is 34.0 Å². The molecule has 0 aliphatic carbocycles. The maximum Gasteiger partial charge on any atom is 0.330 e. The number of carbonyl (C=O) groups is 1. The maximum atomic E-state index is 11.3. The van der Waals surface area contributed by atoms with Crippen LogP contribution in [0.15, 0.2) is 35.0 Å². The van der Waals surface area contributed by atoms with E-state index in [4.69, 9.17) is 4.74 Å². The standard InChI is InChI=1S/C11H7Br5O2/c1-3-5(17)18-4(2)6-7(12)9(14)11(16)10(15)8(6)13/h3-4H,1H2,2H3. The molecular weight excluding hydrogens is 564 g/mol. The van der Waals surface area contributed by atoms with Crippen LogP contribution < -0.4 is 0 Å². The van der Waals surface area contributed by atoms with Gasteiger partial charge in [0.2, 0.25) is 0 Å². The van der Waals surface area contributed by atoms with Crippen LogP contribution >= 0.6 is 79.6 Å². The molecule has 1 aromatic carbocycles. The summed E-state index contributed by atoms with van der Waals surface area (Å²) in [5.41, 5.74) is 0.826. The zero-order valence-corrected chi connectivity index (χ0v) is 17.0. The molecule has 0 saturated carbocycles. The lowest BCUT2D eigenvalue weighted by atomic mass is 10.1. The molecule has 0 aliphatic heterocycles.